The van der Waals surface area contributed by atoms with E-state index in [1.807, 2.05) is 20.8 Å². The predicted octanol–water partition coefficient (Wildman–Crippen LogP) is 3.52. The van der Waals surface area contributed by atoms with Crippen molar-refractivity contribution in [2.24, 2.45) is 5.73 Å². The molecule has 0 saturated carbocycles. The van der Waals surface area contributed by atoms with Gasteiger partial charge in [-0.1, -0.05) is 17.7 Å². The van der Waals surface area contributed by atoms with Gasteiger partial charge in [-0.3, -0.25) is 14.9 Å². The monoisotopic (exact) mass is 404 g/mol. The summed E-state index contributed by atoms with van der Waals surface area (Å²) in [6, 6.07) is 4.11. The minimum absolute atomic E-state index is 0.0671. The van der Waals surface area contributed by atoms with Crippen molar-refractivity contribution in [2.75, 3.05) is 17.7 Å². The van der Waals surface area contributed by atoms with Crippen LogP contribution in [0.15, 0.2) is 21.4 Å². The summed E-state index contributed by atoms with van der Waals surface area (Å²) in [4.78, 5) is 37.4. The van der Waals surface area contributed by atoms with E-state index in [0.29, 0.717) is 0 Å². The third-order valence-corrected chi connectivity index (χ3v) is 5.35. The molecule has 2 amide bonds. The number of thioether (sulfide) groups is 1. The molecule has 150 valence electrons. The lowest BCUT2D eigenvalue weighted by atomic mass is 10.1. The first-order chi connectivity index (χ1) is 13.1. The number of primary amides is 1. The van der Waals surface area contributed by atoms with E-state index in [1.54, 1.807) is 6.92 Å². The van der Waals surface area contributed by atoms with Gasteiger partial charge in [0.05, 0.1) is 12.4 Å². The molecule has 3 N–H and O–H groups in total. The normalized spacial score (nSPS) is 10.6. The predicted molar refractivity (Wildman–Crippen MR) is 108 cm³/mol. The Bertz CT molecular complexity index is 910. The molecule has 0 aliphatic heterocycles. The average Bonchev–Trinajstić information content (AvgIpc) is 2.90. The van der Waals surface area contributed by atoms with Gasteiger partial charge >= 0.3 is 5.97 Å². The Balaban J connectivity index is 2.19. The van der Waals surface area contributed by atoms with Gasteiger partial charge in [0, 0.05) is 4.90 Å². The lowest BCUT2D eigenvalue weighted by Gasteiger charge is -2.10. The number of nitrogens with two attached hydrogens (primary N) is 1. The van der Waals surface area contributed by atoms with Gasteiger partial charge in [-0.05, 0) is 45.7 Å². The van der Waals surface area contributed by atoms with Gasteiger partial charge in [0.1, 0.15) is 16.9 Å². The first-order valence-electron chi connectivity index (χ1n) is 8.76. The molecule has 1 aromatic carbocycles. The molecule has 2 aromatic rings. The fourth-order valence-corrected chi connectivity index (χ4v) is 3.93. The van der Waals surface area contributed by atoms with Gasteiger partial charge in [0.2, 0.25) is 11.8 Å². The largest absolute Gasteiger partial charge is 0.462 e. The Morgan fingerprint density at radius 1 is 1.11 bits per heavy atom. The number of carbonyl (C=O) groups is 3. The maximum absolute atomic E-state index is 12.4. The van der Waals surface area contributed by atoms with Crippen LogP contribution in [0.25, 0.3) is 0 Å². The molecular weight excluding hydrogens is 380 g/mol. The van der Waals surface area contributed by atoms with Crippen LogP contribution >= 0.6 is 11.8 Å². The van der Waals surface area contributed by atoms with Crippen molar-refractivity contribution in [3.63, 3.8) is 0 Å². The number of carbonyl (C=O) groups excluding carboxylic acids is 3. The third kappa shape index (κ3) is 4.75. The second kappa shape index (κ2) is 8.97. The van der Waals surface area contributed by atoms with Crippen molar-refractivity contribution < 1.29 is 23.5 Å². The second-order valence-electron chi connectivity index (χ2n) is 6.39. The highest BCUT2D eigenvalue weighted by molar-refractivity contribution is 8.00. The van der Waals surface area contributed by atoms with Crippen molar-refractivity contribution in [2.45, 2.75) is 39.5 Å². The summed E-state index contributed by atoms with van der Waals surface area (Å²) in [5, 5.41) is 2.54. The van der Waals surface area contributed by atoms with Crippen LogP contribution in [0.4, 0.5) is 5.88 Å². The van der Waals surface area contributed by atoms with Gasteiger partial charge in [-0.25, -0.2) is 4.79 Å². The Hall–Kier alpha value is -2.74. The van der Waals surface area contributed by atoms with Crippen LogP contribution in [0, 0.1) is 27.7 Å². The SMILES string of the molecule is CCOC(=O)c1c(C)oc(NC(=O)CSc2c(C)cc(C)cc2C)c1C(N)=O. The molecule has 2 rings (SSSR count). The number of hydrogen-bond donors (Lipinski definition) is 2. The minimum Gasteiger partial charge on any atom is -0.462 e. The van der Waals surface area contributed by atoms with Crippen LogP contribution in [0.1, 0.15) is 50.1 Å². The highest BCUT2D eigenvalue weighted by atomic mass is 32.2. The molecule has 0 atom stereocenters. The molecule has 1 heterocycles. The molecule has 28 heavy (non-hydrogen) atoms. The van der Waals surface area contributed by atoms with Crippen LogP contribution in [0.5, 0.6) is 0 Å². The van der Waals surface area contributed by atoms with Crippen molar-refractivity contribution in [1.29, 1.82) is 0 Å². The standard InChI is InChI=1S/C20H24N2O5S/c1-6-26-20(25)15-13(5)27-19(16(15)18(21)24)22-14(23)9-28-17-11(3)7-10(2)8-12(17)4/h7-8H,6,9H2,1-5H3,(H2,21,24)(H,22,23). The van der Waals surface area contributed by atoms with E-state index in [-0.39, 0.29) is 41.0 Å². The molecule has 1 aromatic heterocycles. The molecule has 0 aliphatic rings. The van der Waals surface area contributed by atoms with E-state index in [0.717, 1.165) is 21.6 Å². The maximum Gasteiger partial charge on any atom is 0.342 e. The van der Waals surface area contributed by atoms with Gasteiger partial charge in [-0.2, -0.15) is 0 Å². The molecule has 0 unspecified atom stereocenters. The fraction of sp³-hybridized carbons (Fsp3) is 0.350. The lowest BCUT2D eigenvalue weighted by molar-refractivity contribution is -0.113. The molecular formula is C20H24N2O5S. The number of benzene rings is 1. The van der Waals surface area contributed by atoms with Crippen LogP contribution in [0.2, 0.25) is 0 Å². The number of aryl methyl sites for hydroxylation is 4. The fourth-order valence-electron chi connectivity index (χ4n) is 3.01. The highest BCUT2D eigenvalue weighted by Gasteiger charge is 2.29. The van der Waals surface area contributed by atoms with E-state index < -0.39 is 11.9 Å². The zero-order valence-electron chi connectivity index (χ0n) is 16.6. The summed E-state index contributed by atoms with van der Waals surface area (Å²) < 4.78 is 10.4. The van der Waals surface area contributed by atoms with E-state index in [4.69, 9.17) is 14.9 Å². The number of esters is 1. The van der Waals surface area contributed by atoms with Crippen LogP contribution in [-0.4, -0.2) is 30.1 Å². The molecule has 0 bridgehead atoms. The number of amides is 2. The van der Waals surface area contributed by atoms with E-state index in [2.05, 4.69) is 17.4 Å². The van der Waals surface area contributed by atoms with E-state index >= 15 is 0 Å². The number of hydrogen-bond acceptors (Lipinski definition) is 6. The van der Waals surface area contributed by atoms with Gasteiger partial charge in [-0.15, -0.1) is 11.8 Å². The van der Waals surface area contributed by atoms with Gasteiger partial charge in [0.15, 0.2) is 0 Å². The molecule has 8 heteroatoms. The first-order valence-corrected chi connectivity index (χ1v) is 9.75. The number of nitrogens with one attached hydrogen (secondary N) is 1. The summed E-state index contributed by atoms with van der Waals surface area (Å²) in [5.74, 6) is -1.86. The molecule has 7 nitrogen and oxygen atoms in total. The van der Waals surface area contributed by atoms with Gasteiger partial charge < -0.3 is 14.9 Å². The zero-order valence-corrected chi connectivity index (χ0v) is 17.4. The summed E-state index contributed by atoms with van der Waals surface area (Å²) in [6.45, 7) is 9.29. The molecule has 0 spiro atoms. The molecule has 0 fully saturated rings. The Labute approximate surface area is 168 Å². The van der Waals surface area contributed by atoms with Crippen LogP contribution in [0.3, 0.4) is 0 Å². The topological polar surface area (TPSA) is 112 Å². The number of anilines is 1. The Kier molecular flexibility index (Phi) is 6.90. The maximum atomic E-state index is 12.4. The average molecular weight is 404 g/mol. The highest BCUT2D eigenvalue weighted by Crippen LogP contribution is 2.30. The van der Waals surface area contributed by atoms with E-state index in [9.17, 15) is 14.4 Å². The van der Waals surface area contributed by atoms with Crippen molar-refractivity contribution in [1.82, 2.24) is 0 Å². The van der Waals surface area contributed by atoms with Crippen molar-refractivity contribution >= 4 is 35.4 Å². The summed E-state index contributed by atoms with van der Waals surface area (Å²) in [7, 11) is 0. The van der Waals surface area contributed by atoms with Crippen molar-refractivity contribution in [3.05, 3.63) is 45.7 Å². The van der Waals surface area contributed by atoms with Crippen molar-refractivity contribution in [3.8, 4) is 0 Å². The quantitative estimate of drug-likeness (QED) is 0.539. The van der Waals surface area contributed by atoms with E-state index in [1.165, 1.54) is 18.7 Å². The third-order valence-electron chi connectivity index (χ3n) is 4.02. The molecule has 0 saturated heterocycles. The first kappa shape index (κ1) is 21.6. The second-order valence-corrected chi connectivity index (χ2v) is 7.37. The molecule has 0 radical (unpaired) electrons. The Morgan fingerprint density at radius 2 is 1.71 bits per heavy atom. The number of furan rings is 1. The summed E-state index contributed by atoms with van der Waals surface area (Å²) in [6.07, 6.45) is 0. The lowest BCUT2D eigenvalue weighted by Crippen LogP contribution is -2.21. The van der Waals surface area contributed by atoms with Crippen LogP contribution in [-0.2, 0) is 9.53 Å². The number of ether oxygens (including phenoxy) is 1. The zero-order chi connectivity index (χ0) is 21.0. The van der Waals surface area contributed by atoms with Crippen LogP contribution < -0.4 is 11.1 Å². The summed E-state index contributed by atoms with van der Waals surface area (Å²) in [5.41, 5.74) is 8.48. The van der Waals surface area contributed by atoms with Gasteiger partial charge in [0.25, 0.3) is 5.91 Å². The summed E-state index contributed by atoms with van der Waals surface area (Å²) >= 11 is 1.39. The smallest absolute Gasteiger partial charge is 0.342 e. The minimum atomic E-state index is -0.881. The number of rotatable bonds is 7. The molecule has 0 aliphatic carbocycles. The Morgan fingerprint density at radius 3 is 2.25 bits per heavy atom.